The van der Waals surface area contributed by atoms with Gasteiger partial charge in [0.2, 0.25) is 5.82 Å². The number of ether oxygens (including phenoxy) is 2. The summed E-state index contributed by atoms with van der Waals surface area (Å²) in [6.45, 7) is 5.92. The maximum atomic E-state index is 15.1. The van der Waals surface area contributed by atoms with Crippen LogP contribution in [-0.2, 0) is 4.74 Å². The van der Waals surface area contributed by atoms with Crippen molar-refractivity contribution < 1.29 is 27.0 Å². The Morgan fingerprint density at radius 3 is 2.27 bits per heavy atom. The second-order valence-electron chi connectivity index (χ2n) is 12.9. The second kappa shape index (κ2) is 15.1. The quantitative estimate of drug-likeness (QED) is 0.134. The van der Waals surface area contributed by atoms with Crippen LogP contribution in [0.15, 0.2) is 24.8 Å². The molecular formula is C34H50F4O2. The van der Waals surface area contributed by atoms with Crippen molar-refractivity contribution in [2.75, 3.05) is 13.2 Å². The Balaban J connectivity index is 1.22. The monoisotopic (exact) mass is 566 g/mol. The molecule has 0 N–H and O–H groups in total. The SMILES string of the molecule is C=CC1CCC(CC(F)(F)COc2ccc(C3CCC(C4CCC(CCCCCC)OC4)CC3)c(F)c2F)CC1. The van der Waals surface area contributed by atoms with Crippen molar-refractivity contribution >= 4 is 0 Å². The standard InChI is InChI=1S/C34H50F4O2/c1-3-5-6-7-8-29-18-17-28(22-39-29)26-13-15-27(16-14-26)30-19-20-31(33(36)32(30)35)40-23-34(37,38)21-25-11-9-24(4-2)10-12-25/h4,19-20,24-29H,2-3,5-18,21-23H2,1H3. The van der Waals surface area contributed by atoms with Gasteiger partial charge in [-0.25, -0.2) is 13.2 Å². The van der Waals surface area contributed by atoms with Gasteiger partial charge in [0.05, 0.1) is 12.7 Å². The molecule has 1 saturated heterocycles. The van der Waals surface area contributed by atoms with E-state index in [-0.39, 0.29) is 18.3 Å². The molecule has 2 saturated carbocycles. The summed E-state index contributed by atoms with van der Waals surface area (Å²) in [5, 5.41) is 0. The average Bonchev–Trinajstić information content (AvgIpc) is 2.97. The maximum Gasteiger partial charge on any atom is 0.281 e. The zero-order chi connectivity index (χ0) is 28.5. The van der Waals surface area contributed by atoms with Gasteiger partial charge in [-0.15, -0.1) is 6.58 Å². The largest absolute Gasteiger partial charge is 0.484 e. The molecule has 3 aliphatic rings. The lowest BCUT2D eigenvalue weighted by atomic mass is 9.72. The minimum atomic E-state index is -3.08. The molecule has 6 heteroatoms. The maximum absolute atomic E-state index is 15.1. The molecule has 1 aromatic carbocycles. The zero-order valence-electron chi connectivity index (χ0n) is 24.5. The number of hydrogen-bond donors (Lipinski definition) is 0. The molecule has 2 unspecified atom stereocenters. The van der Waals surface area contributed by atoms with Crippen LogP contribution in [0.25, 0.3) is 0 Å². The molecule has 1 aliphatic heterocycles. The third-order valence-corrected chi connectivity index (χ3v) is 9.99. The molecule has 2 atom stereocenters. The molecule has 4 rings (SSSR count). The van der Waals surface area contributed by atoms with E-state index in [0.717, 1.165) is 64.4 Å². The van der Waals surface area contributed by atoms with Crippen LogP contribution in [0.5, 0.6) is 5.75 Å². The zero-order valence-corrected chi connectivity index (χ0v) is 24.5. The lowest BCUT2D eigenvalue weighted by molar-refractivity contribution is -0.0644. The summed E-state index contributed by atoms with van der Waals surface area (Å²) in [6, 6.07) is 2.88. The fourth-order valence-corrected chi connectivity index (χ4v) is 7.39. The summed E-state index contributed by atoms with van der Waals surface area (Å²) in [5.41, 5.74) is 0.348. The van der Waals surface area contributed by atoms with Gasteiger partial charge < -0.3 is 9.47 Å². The lowest BCUT2D eigenvalue weighted by Crippen LogP contribution is -2.32. The van der Waals surface area contributed by atoms with Crippen LogP contribution in [-0.4, -0.2) is 25.2 Å². The molecule has 0 bridgehead atoms. The van der Waals surface area contributed by atoms with E-state index >= 15 is 4.39 Å². The molecule has 1 aromatic rings. The first-order valence-corrected chi connectivity index (χ1v) is 16.0. The van der Waals surface area contributed by atoms with Gasteiger partial charge in [-0.1, -0.05) is 44.7 Å². The Morgan fingerprint density at radius 2 is 1.62 bits per heavy atom. The van der Waals surface area contributed by atoms with Crippen molar-refractivity contribution in [3.05, 3.63) is 42.0 Å². The summed E-state index contributed by atoms with van der Waals surface area (Å²) < 4.78 is 70.5. The Bertz CT molecular complexity index is 911. The number of unbranched alkanes of at least 4 members (excludes halogenated alkanes) is 3. The first-order valence-electron chi connectivity index (χ1n) is 16.0. The number of rotatable bonds is 13. The molecule has 0 aromatic heterocycles. The van der Waals surface area contributed by atoms with Gasteiger partial charge in [0.1, 0.15) is 0 Å². The minimum Gasteiger partial charge on any atom is -0.484 e. The van der Waals surface area contributed by atoms with Crippen molar-refractivity contribution in [2.45, 2.75) is 128 Å². The molecular weight excluding hydrogens is 516 g/mol. The van der Waals surface area contributed by atoms with Gasteiger partial charge >= 0.3 is 0 Å². The third-order valence-electron chi connectivity index (χ3n) is 9.99. The molecule has 0 radical (unpaired) electrons. The van der Waals surface area contributed by atoms with Crippen LogP contribution in [0.3, 0.4) is 0 Å². The van der Waals surface area contributed by atoms with E-state index in [0.29, 0.717) is 29.4 Å². The summed E-state index contributed by atoms with van der Waals surface area (Å²) in [4.78, 5) is 0. The van der Waals surface area contributed by atoms with Crippen LogP contribution in [0.1, 0.15) is 121 Å². The van der Waals surface area contributed by atoms with Gasteiger partial charge in [-0.3, -0.25) is 0 Å². The summed E-state index contributed by atoms with van der Waals surface area (Å²) in [7, 11) is 0. The molecule has 3 fully saturated rings. The topological polar surface area (TPSA) is 18.5 Å². The molecule has 1 heterocycles. The average molecular weight is 567 g/mol. The van der Waals surface area contributed by atoms with E-state index in [4.69, 9.17) is 9.47 Å². The van der Waals surface area contributed by atoms with Crippen LogP contribution in [0.4, 0.5) is 17.6 Å². The smallest absolute Gasteiger partial charge is 0.281 e. The van der Waals surface area contributed by atoms with E-state index in [1.165, 1.54) is 44.6 Å². The third kappa shape index (κ3) is 8.72. The van der Waals surface area contributed by atoms with E-state index in [1.807, 2.05) is 6.08 Å². The van der Waals surface area contributed by atoms with Crippen LogP contribution in [0.2, 0.25) is 0 Å². The van der Waals surface area contributed by atoms with Crippen molar-refractivity contribution in [3.8, 4) is 5.75 Å². The predicted octanol–water partition coefficient (Wildman–Crippen LogP) is 10.4. The highest BCUT2D eigenvalue weighted by Gasteiger charge is 2.36. The molecule has 2 aliphatic carbocycles. The molecule has 2 nitrogen and oxygen atoms in total. The van der Waals surface area contributed by atoms with Gasteiger partial charge in [0.15, 0.2) is 18.2 Å². The fourth-order valence-electron chi connectivity index (χ4n) is 7.39. The Labute approximate surface area is 239 Å². The highest BCUT2D eigenvalue weighted by molar-refractivity contribution is 5.33. The van der Waals surface area contributed by atoms with Crippen LogP contribution in [0, 0.1) is 35.3 Å². The van der Waals surface area contributed by atoms with Gasteiger partial charge in [0, 0.05) is 6.42 Å². The van der Waals surface area contributed by atoms with Crippen molar-refractivity contribution in [3.63, 3.8) is 0 Å². The van der Waals surface area contributed by atoms with Crippen molar-refractivity contribution in [2.24, 2.45) is 23.7 Å². The summed E-state index contributed by atoms with van der Waals surface area (Å²) >= 11 is 0. The van der Waals surface area contributed by atoms with Gasteiger partial charge in [-0.05, 0) is 112 Å². The van der Waals surface area contributed by atoms with E-state index in [1.54, 1.807) is 6.07 Å². The minimum absolute atomic E-state index is 0.0530. The van der Waals surface area contributed by atoms with Gasteiger partial charge in [0.25, 0.3) is 5.92 Å². The van der Waals surface area contributed by atoms with Crippen LogP contribution >= 0.6 is 0 Å². The molecule has 0 amide bonds. The summed E-state index contributed by atoms with van der Waals surface area (Å²) in [6.07, 6.45) is 17.4. The number of hydrogen-bond acceptors (Lipinski definition) is 2. The molecule has 0 spiro atoms. The Kier molecular flexibility index (Phi) is 11.8. The van der Waals surface area contributed by atoms with Gasteiger partial charge in [-0.2, -0.15) is 4.39 Å². The van der Waals surface area contributed by atoms with Crippen LogP contribution < -0.4 is 4.74 Å². The number of halogens is 4. The Morgan fingerprint density at radius 1 is 0.900 bits per heavy atom. The second-order valence-corrected chi connectivity index (χ2v) is 12.9. The normalized spacial score (nSPS) is 29.7. The predicted molar refractivity (Wildman–Crippen MR) is 153 cm³/mol. The van der Waals surface area contributed by atoms with Crippen molar-refractivity contribution in [1.29, 1.82) is 0 Å². The summed E-state index contributed by atoms with van der Waals surface area (Å²) in [5.74, 6) is -4.19. The van der Waals surface area contributed by atoms with Crippen molar-refractivity contribution in [1.82, 2.24) is 0 Å². The lowest BCUT2D eigenvalue weighted by Gasteiger charge is -2.38. The van der Waals surface area contributed by atoms with E-state index in [9.17, 15) is 13.2 Å². The molecule has 40 heavy (non-hydrogen) atoms. The fraction of sp³-hybridized carbons (Fsp3) is 0.765. The highest BCUT2D eigenvalue weighted by atomic mass is 19.3. The first kappa shape index (κ1) is 31.4. The van der Waals surface area contributed by atoms with E-state index in [2.05, 4.69) is 13.5 Å². The molecule has 226 valence electrons. The number of benzene rings is 1. The first-order chi connectivity index (χ1) is 19.3. The highest BCUT2D eigenvalue weighted by Crippen LogP contribution is 2.43. The number of allylic oxidation sites excluding steroid dienone is 1. The van der Waals surface area contributed by atoms with E-state index < -0.39 is 29.9 Å². The Hall–Kier alpha value is -1.56. The number of alkyl halides is 2.